The quantitative estimate of drug-likeness (QED) is 0.680. The fourth-order valence-electron chi connectivity index (χ4n) is 3.57. The van der Waals surface area contributed by atoms with Crippen molar-refractivity contribution in [1.82, 2.24) is 19.8 Å². The predicted octanol–water partition coefficient (Wildman–Crippen LogP) is 3.16. The summed E-state index contributed by atoms with van der Waals surface area (Å²) in [7, 11) is 3.42. The molecule has 4 rings (SSSR count). The van der Waals surface area contributed by atoms with Crippen molar-refractivity contribution >= 4 is 33.5 Å². The van der Waals surface area contributed by atoms with Crippen LogP contribution in [-0.4, -0.2) is 58.8 Å². The number of hydrogen-bond acceptors (Lipinski definition) is 5. The number of likely N-dealkylation sites (tertiary alicyclic amines) is 1. The Balaban J connectivity index is 1.68. The molecule has 144 valence electrons. The maximum atomic E-state index is 14.0. The van der Waals surface area contributed by atoms with Gasteiger partial charge in [0.1, 0.15) is 16.2 Å². The molecule has 0 saturated carbocycles. The minimum atomic E-state index is -0.522. The summed E-state index contributed by atoms with van der Waals surface area (Å²) < 4.78 is 14.0. The molecular formula is C20H19FN4O2S. The summed E-state index contributed by atoms with van der Waals surface area (Å²) in [5.74, 6) is -0.989. The van der Waals surface area contributed by atoms with Crippen LogP contribution in [0.1, 0.15) is 37.9 Å². The molecule has 28 heavy (non-hydrogen) atoms. The Morgan fingerprint density at radius 1 is 1.21 bits per heavy atom. The van der Waals surface area contributed by atoms with Gasteiger partial charge in [-0.1, -0.05) is 12.1 Å². The first-order chi connectivity index (χ1) is 13.5. The molecule has 6 nitrogen and oxygen atoms in total. The Morgan fingerprint density at radius 3 is 2.71 bits per heavy atom. The molecule has 3 heterocycles. The van der Waals surface area contributed by atoms with Gasteiger partial charge in [0.25, 0.3) is 11.8 Å². The number of carbonyl (C=O) groups is 2. The fourth-order valence-corrected chi connectivity index (χ4v) is 4.78. The number of aromatic nitrogens is 2. The molecule has 1 aliphatic rings. The van der Waals surface area contributed by atoms with E-state index in [1.165, 1.54) is 28.4 Å². The highest BCUT2D eigenvalue weighted by molar-refractivity contribution is 7.20. The summed E-state index contributed by atoms with van der Waals surface area (Å²) in [6.07, 6.45) is 3.91. The summed E-state index contributed by atoms with van der Waals surface area (Å²) in [6.45, 7) is 0.925. The third-order valence-electron chi connectivity index (χ3n) is 4.95. The molecule has 8 heteroatoms. The lowest BCUT2D eigenvalue weighted by atomic mass is 9.97. The van der Waals surface area contributed by atoms with E-state index in [0.717, 1.165) is 5.56 Å². The lowest BCUT2D eigenvalue weighted by Crippen LogP contribution is -2.29. The van der Waals surface area contributed by atoms with Gasteiger partial charge < -0.3 is 9.80 Å². The number of fused-ring (bicyclic) bond motifs is 1. The molecule has 2 amide bonds. The topological polar surface area (TPSA) is 66.4 Å². The molecule has 2 aromatic heterocycles. The number of thiophene rings is 1. The first kappa shape index (κ1) is 18.5. The highest BCUT2D eigenvalue weighted by Crippen LogP contribution is 2.39. The molecule has 1 saturated heterocycles. The monoisotopic (exact) mass is 398 g/mol. The molecular weight excluding hydrogens is 379 g/mol. The van der Waals surface area contributed by atoms with Crippen molar-refractivity contribution in [1.29, 1.82) is 0 Å². The summed E-state index contributed by atoms with van der Waals surface area (Å²) in [5, 5.41) is 0. The van der Waals surface area contributed by atoms with Crippen molar-refractivity contribution in [2.45, 2.75) is 12.3 Å². The molecule has 1 aliphatic heterocycles. The third kappa shape index (κ3) is 3.13. The lowest BCUT2D eigenvalue weighted by Gasteiger charge is -2.18. The standard InChI is InChI=1S/C20H19FN4O2S/c1-24(2)20(27)17-15(16-18(28-17)23-9-8-22-16)12-7-10-25(11-12)19(26)13-5-3-4-6-14(13)21/h3-6,8-9,12H,7,10-11H2,1-2H3/t12-/m0/s1. The van der Waals surface area contributed by atoms with Crippen molar-refractivity contribution in [3.8, 4) is 0 Å². The van der Waals surface area contributed by atoms with E-state index < -0.39 is 5.82 Å². The maximum Gasteiger partial charge on any atom is 0.263 e. The minimum absolute atomic E-state index is 0.0416. The highest BCUT2D eigenvalue weighted by atomic mass is 32.1. The number of nitrogens with zero attached hydrogens (tertiary/aromatic N) is 4. The number of halogens is 1. The van der Waals surface area contributed by atoms with Crippen LogP contribution in [0.3, 0.4) is 0 Å². The lowest BCUT2D eigenvalue weighted by molar-refractivity contribution is 0.0786. The number of carbonyl (C=O) groups excluding carboxylic acids is 2. The molecule has 1 atom stereocenters. The first-order valence-corrected chi connectivity index (χ1v) is 9.78. The summed E-state index contributed by atoms with van der Waals surface area (Å²) in [6, 6.07) is 6.00. The van der Waals surface area contributed by atoms with Gasteiger partial charge in [0.05, 0.1) is 10.4 Å². The number of amides is 2. The van der Waals surface area contributed by atoms with E-state index >= 15 is 0 Å². The largest absolute Gasteiger partial charge is 0.344 e. The van der Waals surface area contributed by atoms with Crippen molar-refractivity contribution in [2.75, 3.05) is 27.2 Å². The van der Waals surface area contributed by atoms with Crippen LogP contribution in [0.5, 0.6) is 0 Å². The smallest absolute Gasteiger partial charge is 0.263 e. The van der Waals surface area contributed by atoms with Crippen molar-refractivity contribution in [2.24, 2.45) is 0 Å². The van der Waals surface area contributed by atoms with Gasteiger partial charge in [0.2, 0.25) is 0 Å². The van der Waals surface area contributed by atoms with E-state index in [0.29, 0.717) is 34.7 Å². The Labute approximate surface area is 165 Å². The zero-order chi connectivity index (χ0) is 19.8. The normalized spacial score (nSPS) is 16.5. The molecule has 0 aliphatic carbocycles. The summed E-state index contributed by atoms with van der Waals surface area (Å²) in [4.78, 5) is 38.8. The molecule has 0 spiro atoms. The zero-order valence-corrected chi connectivity index (χ0v) is 16.4. The van der Waals surface area contributed by atoms with Gasteiger partial charge in [-0.2, -0.15) is 0 Å². The van der Waals surface area contributed by atoms with Crippen LogP contribution in [-0.2, 0) is 0 Å². The molecule has 1 aromatic carbocycles. The highest BCUT2D eigenvalue weighted by Gasteiger charge is 2.34. The van der Waals surface area contributed by atoms with Gasteiger partial charge in [-0.3, -0.25) is 14.6 Å². The van der Waals surface area contributed by atoms with Crippen molar-refractivity contribution < 1.29 is 14.0 Å². The number of benzene rings is 1. The van der Waals surface area contributed by atoms with Crippen molar-refractivity contribution in [3.05, 3.63) is 58.5 Å². The molecule has 3 aromatic rings. The molecule has 0 bridgehead atoms. The van der Waals surface area contributed by atoms with E-state index in [1.807, 2.05) is 0 Å². The summed E-state index contributed by atoms with van der Waals surface area (Å²) in [5.41, 5.74) is 1.63. The zero-order valence-electron chi connectivity index (χ0n) is 15.6. The first-order valence-electron chi connectivity index (χ1n) is 8.96. The van der Waals surface area contributed by atoms with Gasteiger partial charge in [-0.15, -0.1) is 11.3 Å². The third-order valence-corrected chi connectivity index (χ3v) is 6.04. The van der Waals surface area contributed by atoms with Crippen LogP contribution in [0, 0.1) is 5.82 Å². The second-order valence-corrected chi connectivity index (χ2v) is 7.97. The van der Waals surface area contributed by atoms with Gasteiger partial charge >= 0.3 is 0 Å². The van der Waals surface area contributed by atoms with E-state index in [2.05, 4.69) is 9.97 Å². The van der Waals surface area contributed by atoms with Crippen LogP contribution < -0.4 is 0 Å². The Morgan fingerprint density at radius 2 is 1.96 bits per heavy atom. The van der Waals surface area contributed by atoms with Gasteiger partial charge in [0.15, 0.2) is 0 Å². The second-order valence-electron chi connectivity index (χ2n) is 6.97. The van der Waals surface area contributed by atoms with E-state index in [-0.39, 0.29) is 23.3 Å². The van der Waals surface area contributed by atoms with E-state index in [4.69, 9.17) is 0 Å². The Kier molecular flexibility index (Phi) is 4.80. The minimum Gasteiger partial charge on any atom is -0.344 e. The van der Waals surface area contributed by atoms with Crippen LogP contribution in [0.15, 0.2) is 36.7 Å². The number of hydrogen-bond donors (Lipinski definition) is 0. The van der Waals surface area contributed by atoms with E-state index in [1.54, 1.807) is 43.5 Å². The molecule has 0 N–H and O–H groups in total. The SMILES string of the molecule is CN(C)C(=O)c1sc2nccnc2c1[C@H]1CCN(C(=O)c2ccccc2F)C1. The van der Waals surface area contributed by atoms with E-state index in [9.17, 15) is 14.0 Å². The Hall–Kier alpha value is -2.87. The maximum absolute atomic E-state index is 14.0. The average molecular weight is 398 g/mol. The van der Waals surface area contributed by atoms with Crippen LogP contribution in [0.4, 0.5) is 4.39 Å². The van der Waals surface area contributed by atoms with Gasteiger partial charge in [-0.25, -0.2) is 9.37 Å². The fraction of sp³-hybridized carbons (Fsp3) is 0.300. The second kappa shape index (κ2) is 7.27. The Bertz CT molecular complexity index is 1070. The number of rotatable bonds is 3. The van der Waals surface area contributed by atoms with Crippen LogP contribution in [0.25, 0.3) is 10.3 Å². The summed E-state index contributed by atoms with van der Waals surface area (Å²) >= 11 is 1.33. The predicted molar refractivity (Wildman–Crippen MR) is 105 cm³/mol. The average Bonchev–Trinajstić information content (AvgIpc) is 3.31. The molecule has 0 unspecified atom stereocenters. The molecule has 0 radical (unpaired) electrons. The van der Waals surface area contributed by atoms with Crippen LogP contribution >= 0.6 is 11.3 Å². The van der Waals surface area contributed by atoms with Gasteiger partial charge in [-0.05, 0) is 18.6 Å². The van der Waals surface area contributed by atoms with Crippen LogP contribution in [0.2, 0.25) is 0 Å². The molecule has 1 fully saturated rings. The van der Waals surface area contributed by atoms with Gasteiger partial charge in [0, 0.05) is 51.1 Å². The van der Waals surface area contributed by atoms with Crippen molar-refractivity contribution in [3.63, 3.8) is 0 Å².